The highest BCUT2D eigenvalue weighted by molar-refractivity contribution is 7.89. The Morgan fingerprint density at radius 2 is 1.72 bits per heavy atom. The van der Waals surface area contributed by atoms with Crippen LogP contribution in [0.4, 0.5) is 5.69 Å². The SMILES string of the molecule is C[C@H](NS(=O)(=O)c1ccc([N+](=O)[O-])cc1)c1ccc2c(c1)OCCO2. The summed E-state index contributed by atoms with van der Waals surface area (Å²) in [6.07, 6.45) is 0. The van der Waals surface area contributed by atoms with Crippen LogP contribution in [0.15, 0.2) is 47.4 Å². The van der Waals surface area contributed by atoms with E-state index in [9.17, 15) is 18.5 Å². The Morgan fingerprint density at radius 3 is 2.36 bits per heavy atom. The normalized spacial score (nSPS) is 14.8. The van der Waals surface area contributed by atoms with Gasteiger partial charge in [0.25, 0.3) is 5.69 Å². The molecule has 0 radical (unpaired) electrons. The van der Waals surface area contributed by atoms with Gasteiger partial charge in [-0.1, -0.05) is 6.07 Å². The molecule has 1 heterocycles. The van der Waals surface area contributed by atoms with E-state index in [2.05, 4.69) is 4.72 Å². The van der Waals surface area contributed by atoms with Crippen LogP contribution in [0.2, 0.25) is 0 Å². The monoisotopic (exact) mass is 364 g/mol. The van der Waals surface area contributed by atoms with Crippen molar-refractivity contribution in [2.45, 2.75) is 17.9 Å². The van der Waals surface area contributed by atoms with Crippen molar-refractivity contribution in [2.24, 2.45) is 0 Å². The lowest BCUT2D eigenvalue weighted by atomic mass is 10.1. The fourth-order valence-electron chi connectivity index (χ4n) is 2.45. The van der Waals surface area contributed by atoms with Crippen LogP contribution in [-0.4, -0.2) is 26.6 Å². The Bertz CT molecular complexity index is 895. The summed E-state index contributed by atoms with van der Waals surface area (Å²) in [6, 6.07) is 9.44. The van der Waals surface area contributed by atoms with Gasteiger partial charge in [-0.05, 0) is 36.8 Å². The highest BCUT2D eigenvalue weighted by Crippen LogP contribution is 2.33. The number of rotatable bonds is 5. The Hall–Kier alpha value is -2.65. The smallest absolute Gasteiger partial charge is 0.269 e. The van der Waals surface area contributed by atoms with Gasteiger partial charge in [0.15, 0.2) is 11.5 Å². The summed E-state index contributed by atoms with van der Waals surface area (Å²) in [5.41, 5.74) is 0.550. The minimum absolute atomic E-state index is 0.0394. The van der Waals surface area contributed by atoms with Gasteiger partial charge in [-0.2, -0.15) is 0 Å². The largest absolute Gasteiger partial charge is 0.486 e. The van der Waals surface area contributed by atoms with Gasteiger partial charge in [0, 0.05) is 18.2 Å². The number of nitro benzene ring substituents is 1. The van der Waals surface area contributed by atoms with Gasteiger partial charge in [-0.3, -0.25) is 10.1 Å². The number of nitrogens with one attached hydrogen (secondary N) is 1. The Morgan fingerprint density at radius 1 is 1.08 bits per heavy atom. The highest BCUT2D eigenvalue weighted by Gasteiger charge is 2.21. The van der Waals surface area contributed by atoms with E-state index in [1.165, 1.54) is 12.1 Å². The molecule has 132 valence electrons. The summed E-state index contributed by atoms with van der Waals surface area (Å²) in [5.74, 6) is 1.20. The van der Waals surface area contributed by atoms with Crippen molar-refractivity contribution in [3.8, 4) is 11.5 Å². The zero-order valence-electron chi connectivity index (χ0n) is 13.3. The van der Waals surface area contributed by atoms with E-state index in [0.29, 0.717) is 24.7 Å². The molecular weight excluding hydrogens is 348 g/mol. The average molecular weight is 364 g/mol. The lowest BCUT2D eigenvalue weighted by Crippen LogP contribution is -2.27. The maximum absolute atomic E-state index is 12.4. The number of nitrogens with zero attached hydrogens (tertiary/aromatic N) is 1. The fourth-order valence-corrected chi connectivity index (χ4v) is 3.68. The van der Waals surface area contributed by atoms with Gasteiger partial charge >= 0.3 is 0 Å². The van der Waals surface area contributed by atoms with Crippen LogP contribution in [0.1, 0.15) is 18.5 Å². The molecule has 2 aromatic carbocycles. The molecule has 0 spiro atoms. The van der Waals surface area contributed by atoms with Crippen molar-refractivity contribution in [2.75, 3.05) is 13.2 Å². The molecule has 1 aliphatic heterocycles. The summed E-state index contributed by atoms with van der Waals surface area (Å²) in [6.45, 7) is 2.63. The van der Waals surface area contributed by atoms with E-state index in [1.54, 1.807) is 25.1 Å². The minimum Gasteiger partial charge on any atom is -0.486 e. The number of sulfonamides is 1. The summed E-state index contributed by atoms with van der Waals surface area (Å²) >= 11 is 0. The molecule has 8 nitrogen and oxygen atoms in total. The number of benzene rings is 2. The molecule has 1 aliphatic rings. The molecule has 0 saturated carbocycles. The number of fused-ring (bicyclic) bond motifs is 1. The number of ether oxygens (including phenoxy) is 2. The predicted octanol–water partition coefficient (Wildman–Crippen LogP) is 2.41. The molecule has 25 heavy (non-hydrogen) atoms. The Balaban J connectivity index is 1.79. The van der Waals surface area contributed by atoms with Gasteiger partial charge in [0.1, 0.15) is 13.2 Å². The van der Waals surface area contributed by atoms with Crippen molar-refractivity contribution in [3.05, 3.63) is 58.1 Å². The third-order valence-corrected chi connectivity index (χ3v) is 5.31. The van der Waals surface area contributed by atoms with Crippen LogP contribution in [0, 0.1) is 10.1 Å². The van der Waals surface area contributed by atoms with Crippen LogP contribution in [0.25, 0.3) is 0 Å². The predicted molar refractivity (Wildman–Crippen MR) is 89.3 cm³/mol. The minimum atomic E-state index is -3.82. The van der Waals surface area contributed by atoms with E-state index in [-0.39, 0.29) is 10.6 Å². The molecule has 0 unspecified atom stereocenters. The Kier molecular flexibility index (Phi) is 4.60. The lowest BCUT2D eigenvalue weighted by Gasteiger charge is -2.21. The quantitative estimate of drug-likeness (QED) is 0.645. The van der Waals surface area contributed by atoms with Crippen LogP contribution in [-0.2, 0) is 10.0 Å². The van der Waals surface area contributed by atoms with Crippen LogP contribution in [0.3, 0.4) is 0 Å². The maximum Gasteiger partial charge on any atom is 0.269 e. The molecule has 0 amide bonds. The zero-order chi connectivity index (χ0) is 18.0. The first-order valence-corrected chi connectivity index (χ1v) is 9.01. The first kappa shape index (κ1) is 17.2. The molecule has 0 saturated heterocycles. The fraction of sp³-hybridized carbons (Fsp3) is 0.250. The van der Waals surface area contributed by atoms with Crippen molar-refractivity contribution >= 4 is 15.7 Å². The first-order valence-electron chi connectivity index (χ1n) is 7.53. The van der Waals surface area contributed by atoms with Crippen LogP contribution < -0.4 is 14.2 Å². The number of hydrogen-bond acceptors (Lipinski definition) is 6. The van der Waals surface area contributed by atoms with E-state index < -0.39 is 21.0 Å². The van der Waals surface area contributed by atoms with Gasteiger partial charge in [0.2, 0.25) is 10.0 Å². The van der Waals surface area contributed by atoms with Gasteiger partial charge in [-0.25, -0.2) is 13.1 Å². The van der Waals surface area contributed by atoms with Crippen molar-refractivity contribution in [1.29, 1.82) is 0 Å². The Labute approximate surface area is 144 Å². The van der Waals surface area contributed by atoms with Crippen molar-refractivity contribution in [3.63, 3.8) is 0 Å². The summed E-state index contributed by atoms with van der Waals surface area (Å²) in [5, 5.41) is 10.7. The highest BCUT2D eigenvalue weighted by atomic mass is 32.2. The molecule has 0 bridgehead atoms. The van der Waals surface area contributed by atoms with E-state index >= 15 is 0 Å². The molecule has 0 aromatic heterocycles. The number of non-ortho nitro benzene ring substituents is 1. The first-order chi connectivity index (χ1) is 11.9. The van der Waals surface area contributed by atoms with Crippen molar-refractivity contribution in [1.82, 2.24) is 4.72 Å². The third-order valence-electron chi connectivity index (χ3n) is 3.76. The summed E-state index contributed by atoms with van der Waals surface area (Å²) in [4.78, 5) is 10.0. The second-order valence-electron chi connectivity index (χ2n) is 5.50. The van der Waals surface area contributed by atoms with Gasteiger partial charge in [0.05, 0.1) is 9.82 Å². The van der Waals surface area contributed by atoms with Gasteiger partial charge in [-0.15, -0.1) is 0 Å². The summed E-state index contributed by atoms with van der Waals surface area (Å²) in [7, 11) is -3.82. The second-order valence-corrected chi connectivity index (χ2v) is 7.21. The second kappa shape index (κ2) is 6.69. The zero-order valence-corrected chi connectivity index (χ0v) is 14.2. The molecule has 1 N–H and O–H groups in total. The number of nitro groups is 1. The molecule has 1 atom stereocenters. The van der Waals surface area contributed by atoms with Crippen LogP contribution >= 0.6 is 0 Å². The topological polar surface area (TPSA) is 108 Å². The maximum atomic E-state index is 12.4. The standard InChI is InChI=1S/C16H16N2O6S/c1-11(12-2-7-15-16(10-12)24-9-8-23-15)17-25(21,22)14-5-3-13(4-6-14)18(19)20/h2-7,10-11,17H,8-9H2,1H3/t11-/m0/s1. The summed E-state index contributed by atoms with van der Waals surface area (Å²) < 4.78 is 38.4. The van der Waals surface area contributed by atoms with E-state index in [1.807, 2.05) is 0 Å². The molecule has 2 aromatic rings. The van der Waals surface area contributed by atoms with Gasteiger partial charge < -0.3 is 9.47 Å². The van der Waals surface area contributed by atoms with E-state index in [4.69, 9.17) is 9.47 Å². The van der Waals surface area contributed by atoms with Crippen molar-refractivity contribution < 1.29 is 22.8 Å². The third kappa shape index (κ3) is 3.72. The molecule has 0 fully saturated rings. The molecule has 9 heteroatoms. The molecule has 3 rings (SSSR count). The lowest BCUT2D eigenvalue weighted by molar-refractivity contribution is -0.384. The van der Waals surface area contributed by atoms with Crippen LogP contribution in [0.5, 0.6) is 11.5 Å². The molecule has 0 aliphatic carbocycles. The molecular formula is C16H16N2O6S. The van der Waals surface area contributed by atoms with E-state index in [0.717, 1.165) is 17.7 Å². The average Bonchev–Trinajstić information content (AvgIpc) is 2.61. The number of hydrogen-bond donors (Lipinski definition) is 1.